The monoisotopic (exact) mass is 292 g/mol. The molecule has 2 unspecified atom stereocenters. The zero-order valence-corrected chi connectivity index (χ0v) is 14.6. The fraction of sp³-hybridized carbons (Fsp3) is 1.00. The van der Waals surface area contributed by atoms with Gasteiger partial charge < -0.3 is 5.32 Å². The fourth-order valence-corrected chi connectivity index (χ4v) is 4.50. The van der Waals surface area contributed by atoms with E-state index in [2.05, 4.69) is 37.9 Å². The Balaban J connectivity index is 1.61. The number of nitrogens with zero attached hydrogens (tertiary/aromatic N) is 1. The molecule has 0 aromatic heterocycles. The Morgan fingerprint density at radius 3 is 2.10 bits per heavy atom. The van der Waals surface area contributed by atoms with Gasteiger partial charge in [-0.05, 0) is 61.7 Å². The first-order valence-corrected chi connectivity index (χ1v) is 9.52. The van der Waals surface area contributed by atoms with Gasteiger partial charge in [0.25, 0.3) is 0 Å². The third-order valence-corrected chi connectivity index (χ3v) is 5.97. The van der Waals surface area contributed by atoms with E-state index < -0.39 is 0 Å². The third kappa shape index (κ3) is 4.22. The Morgan fingerprint density at radius 1 is 1.00 bits per heavy atom. The van der Waals surface area contributed by atoms with E-state index in [1.807, 2.05) is 0 Å². The van der Waals surface area contributed by atoms with Crippen molar-refractivity contribution in [3.63, 3.8) is 0 Å². The Hall–Kier alpha value is -0.0800. The van der Waals surface area contributed by atoms with Crippen molar-refractivity contribution in [3.8, 4) is 0 Å². The molecule has 0 aromatic rings. The van der Waals surface area contributed by atoms with E-state index in [0.717, 1.165) is 41.7 Å². The quantitative estimate of drug-likeness (QED) is 0.768. The molecule has 1 N–H and O–H groups in total. The molecule has 0 spiro atoms. The van der Waals surface area contributed by atoms with E-state index in [-0.39, 0.29) is 0 Å². The molecule has 2 nitrogen and oxygen atoms in total. The van der Waals surface area contributed by atoms with E-state index >= 15 is 0 Å². The van der Waals surface area contributed by atoms with Gasteiger partial charge in [0.1, 0.15) is 0 Å². The predicted molar refractivity (Wildman–Crippen MR) is 90.4 cm³/mol. The lowest BCUT2D eigenvalue weighted by Crippen LogP contribution is -2.59. The molecule has 122 valence electrons. The number of hydrogen-bond donors (Lipinski definition) is 1. The Labute approximate surface area is 132 Å². The van der Waals surface area contributed by atoms with Crippen molar-refractivity contribution < 1.29 is 0 Å². The van der Waals surface area contributed by atoms with Gasteiger partial charge in [0.05, 0.1) is 0 Å². The second kappa shape index (κ2) is 6.58. The van der Waals surface area contributed by atoms with Crippen molar-refractivity contribution in [1.82, 2.24) is 10.2 Å². The van der Waals surface area contributed by atoms with Gasteiger partial charge in [-0.15, -0.1) is 0 Å². The highest BCUT2D eigenvalue weighted by molar-refractivity contribution is 4.96. The lowest BCUT2D eigenvalue weighted by atomic mass is 9.91. The van der Waals surface area contributed by atoms with Gasteiger partial charge >= 0.3 is 0 Å². The average molecular weight is 293 g/mol. The number of rotatable bonds is 7. The highest BCUT2D eigenvalue weighted by Gasteiger charge is 2.43. The van der Waals surface area contributed by atoms with Crippen LogP contribution in [0.1, 0.15) is 59.8 Å². The van der Waals surface area contributed by atoms with Crippen LogP contribution in [-0.2, 0) is 0 Å². The first-order chi connectivity index (χ1) is 10.0. The van der Waals surface area contributed by atoms with E-state index in [4.69, 9.17) is 0 Å². The summed E-state index contributed by atoms with van der Waals surface area (Å²) in [5.74, 6) is 4.79. The number of piperazine rings is 1. The number of nitrogens with one attached hydrogen (secondary N) is 1. The molecule has 2 atom stereocenters. The van der Waals surface area contributed by atoms with E-state index in [9.17, 15) is 0 Å². The second-order valence-corrected chi connectivity index (χ2v) is 8.84. The van der Waals surface area contributed by atoms with Gasteiger partial charge in [0, 0.05) is 31.7 Å². The van der Waals surface area contributed by atoms with Crippen molar-refractivity contribution in [2.24, 2.45) is 29.6 Å². The van der Waals surface area contributed by atoms with Crippen LogP contribution >= 0.6 is 0 Å². The molecule has 2 heteroatoms. The van der Waals surface area contributed by atoms with Crippen molar-refractivity contribution >= 4 is 0 Å². The molecule has 0 radical (unpaired) electrons. The van der Waals surface area contributed by atoms with Gasteiger partial charge in [-0.2, -0.15) is 0 Å². The summed E-state index contributed by atoms with van der Waals surface area (Å²) in [5, 5.41) is 3.83. The lowest BCUT2D eigenvalue weighted by Gasteiger charge is -2.44. The van der Waals surface area contributed by atoms with Gasteiger partial charge in [-0.1, -0.05) is 27.7 Å². The largest absolute Gasteiger partial charge is 0.311 e. The van der Waals surface area contributed by atoms with Crippen LogP contribution in [0.25, 0.3) is 0 Å². The van der Waals surface area contributed by atoms with Crippen molar-refractivity contribution in [2.75, 3.05) is 19.6 Å². The van der Waals surface area contributed by atoms with Crippen LogP contribution in [0.2, 0.25) is 0 Å². The summed E-state index contributed by atoms with van der Waals surface area (Å²) in [7, 11) is 0. The van der Waals surface area contributed by atoms with E-state index in [1.54, 1.807) is 0 Å². The summed E-state index contributed by atoms with van der Waals surface area (Å²) in [6, 6.07) is 1.48. The Bertz CT molecular complexity index is 318. The summed E-state index contributed by atoms with van der Waals surface area (Å²) in [5.41, 5.74) is 0. The molecular weight excluding hydrogens is 256 g/mol. The van der Waals surface area contributed by atoms with Gasteiger partial charge in [-0.25, -0.2) is 0 Å². The Morgan fingerprint density at radius 2 is 1.62 bits per heavy atom. The molecule has 1 heterocycles. The van der Waals surface area contributed by atoms with Crippen LogP contribution in [0, 0.1) is 29.6 Å². The predicted octanol–water partition coefficient (Wildman–Crippen LogP) is 3.77. The Kier molecular flexibility index (Phi) is 4.95. The molecule has 2 saturated carbocycles. The molecule has 1 saturated heterocycles. The summed E-state index contributed by atoms with van der Waals surface area (Å²) in [4.78, 5) is 2.88. The summed E-state index contributed by atoms with van der Waals surface area (Å²) >= 11 is 0. The topological polar surface area (TPSA) is 15.3 Å². The molecular formula is C19H36N2. The molecule has 0 amide bonds. The van der Waals surface area contributed by atoms with Gasteiger partial charge in [0.2, 0.25) is 0 Å². The van der Waals surface area contributed by atoms with Crippen molar-refractivity contribution in [2.45, 2.75) is 71.9 Å². The SMILES string of the molecule is CC(C)CC1CN(CC(C2CC2)C2CC2)C(C(C)C)CN1. The standard InChI is InChI=1S/C19H36N2/c1-13(2)9-17-11-21(19(10-20-17)14(3)4)12-18(15-5-6-15)16-7-8-16/h13-20H,5-12H2,1-4H3. The lowest BCUT2D eigenvalue weighted by molar-refractivity contribution is 0.0680. The minimum atomic E-state index is 0.721. The zero-order valence-electron chi connectivity index (χ0n) is 14.6. The first kappa shape index (κ1) is 15.8. The minimum Gasteiger partial charge on any atom is -0.311 e. The maximum absolute atomic E-state index is 3.83. The van der Waals surface area contributed by atoms with Crippen molar-refractivity contribution in [3.05, 3.63) is 0 Å². The molecule has 0 aromatic carbocycles. The summed E-state index contributed by atoms with van der Waals surface area (Å²) < 4.78 is 0. The molecule has 0 bridgehead atoms. The molecule has 21 heavy (non-hydrogen) atoms. The van der Waals surface area contributed by atoms with Crippen LogP contribution in [0.3, 0.4) is 0 Å². The summed E-state index contributed by atoms with van der Waals surface area (Å²) in [6.45, 7) is 13.4. The highest BCUT2D eigenvalue weighted by Crippen LogP contribution is 2.49. The zero-order chi connectivity index (χ0) is 15.0. The molecule has 3 fully saturated rings. The minimum absolute atomic E-state index is 0.721. The number of hydrogen-bond acceptors (Lipinski definition) is 2. The van der Waals surface area contributed by atoms with E-state index in [0.29, 0.717) is 0 Å². The van der Waals surface area contributed by atoms with Crippen LogP contribution in [0.4, 0.5) is 0 Å². The third-order valence-electron chi connectivity index (χ3n) is 5.97. The fourth-order valence-electron chi connectivity index (χ4n) is 4.50. The van der Waals surface area contributed by atoms with Crippen LogP contribution in [-0.4, -0.2) is 36.6 Å². The second-order valence-electron chi connectivity index (χ2n) is 8.84. The summed E-state index contributed by atoms with van der Waals surface area (Å²) in [6.07, 6.45) is 7.42. The maximum atomic E-state index is 3.83. The van der Waals surface area contributed by atoms with Gasteiger partial charge in [-0.3, -0.25) is 4.90 Å². The molecule has 1 aliphatic heterocycles. The van der Waals surface area contributed by atoms with Crippen molar-refractivity contribution in [1.29, 1.82) is 0 Å². The normalized spacial score (nSPS) is 31.6. The van der Waals surface area contributed by atoms with Crippen LogP contribution < -0.4 is 5.32 Å². The molecule has 3 rings (SSSR count). The highest BCUT2D eigenvalue weighted by atomic mass is 15.2. The maximum Gasteiger partial charge on any atom is 0.0244 e. The van der Waals surface area contributed by atoms with Gasteiger partial charge in [0.15, 0.2) is 0 Å². The van der Waals surface area contributed by atoms with E-state index in [1.165, 1.54) is 51.7 Å². The smallest absolute Gasteiger partial charge is 0.0244 e. The molecule has 2 aliphatic carbocycles. The van der Waals surface area contributed by atoms with Crippen LogP contribution in [0.15, 0.2) is 0 Å². The average Bonchev–Trinajstić information content (AvgIpc) is 3.26. The first-order valence-electron chi connectivity index (χ1n) is 9.52. The molecule has 3 aliphatic rings. The van der Waals surface area contributed by atoms with Crippen LogP contribution in [0.5, 0.6) is 0 Å².